The first-order chi connectivity index (χ1) is 12.1. The summed E-state index contributed by atoms with van der Waals surface area (Å²) in [7, 11) is 1.80. The van der Waals surface area contributed by atoms with Crippen molar-refractivity contribution in [3.63, 3.8) is 0 Å². The van der Waals surface area contributed by atoms with Crippen molar-refractivity contribution in [3.05, 3.63) is 35.6 Å². The summed E-state index contributed by atoms with van der Waals surface area (Å²) in [5.74, 6) is -0.0149. The summed E-state index contributed by atoms with van der Waals surface area (Å²) < 4.78 is 19.0. The number of nitrogens with zero attached hydrogens (tertiary/aromatic N) is 2. The Morgan fingerprint density at radius 1 is 1.16 bits per heavy atom. The predicted molar refractivity (Wildman–Crippen MR) is 95.9 cm³/mol. The van der Waals surface area contributed by atoms with E-state index in [1.54, 1.807) is 14.0 Å². The molecule has 0 radical (unpaired) electrons. The van der Waals surface area contributed by atoms with E-state index >= 15 is 0 Å². The fourth-order valence-corrected chi connectivity index (χ4v) is 4.40. The molecule has 1 aromatic rings. The van der Waals surface area contributed by atoms with E-state index in [2.05, 4.69) is 4.90 Å². The minimum Gasteiger partial charge on any atom is -0.380 e. The number of rotatable bonds is 4. The monoisotopic (exact) mass is 348 g/mol. The number of halogens is 1. The van der Waals surface area contributed by atoms with Crippen LogP contribution in [0, 0.1) is 5.82 Å². The number of hydrogen-bond acceptors (Lipinski definition) is 3. The van der Waals surface area contributed by atoms with Crippen LogP contribution in [-0.2, 0) is 16.0 Å². The number of piperidine rings is 2. The van der Waals surface area contributed by atoms with Gasteiger partial charge in [0.25, 0.3) is 0 Å². The lowest BCUT2D eigenvalue weighted by Gasteiger charge is -2.47. The number of benzene rings is 1. The maximum absolute atomic E-state index is 13.2. The molecule has 25 heavy (non-hydrogen) atoms. The normalized spacial score (nSPS) is 26.0. The molecule has 0 spiro atoms. The second-order valence-corrected chi connectivity index (χ2v) is 7.29. The molecule has 0 saturated carbocycles. The van der Waals surface area contributed by atoms with E-state index in [0.717, 1.165) is 57.3 Å². The zero-order chi connectivity index (χ0) is 17.8. The van der Waals surface area contributed by atoms with E-state index in [0.29, 0.717) is 12.1 Å². The zero-order valence-corrected chi connectivity index (χ0v) is 15.3. The highest BCUT2D eigenvalue weighted by atomic mass is 19.1. The quantitative estimate of drug-likeness (QED) is 0.839. The Morgan fingerprint density at radius 3 is 2.44 bits per heavy atom. The van der Waals surface area contributed by atoms with E-state index < -0.39 is 0 Å². The van der Waals surface area contributed by atoms with Gasteiger partial charge in [0, 0.05) is 39.2 Å². The minimum atomic E-state index is -0.191. The van der Waals surface area contributed by atoms with Crippen LogP contribution in [0.4, 0.5) is 4.39 Å². The molecular formula is C20H29FN2O2. The lowest BCUT2D eigenvalue weighted by atomic mass is 9.89. The summed E-state index contributed by atoms with van der Waals surface area (Å²) in [5, 5.41) is 0. The van der Waals surface area contributed by atoms with Crippen LogP contribution in [0.5, 0.6) is 0 Å². The molecule has 0 bridgehead atoms. The Labute approximate surface area is 149 Å². The summed E-state index contributed by atoms with van der Waals surface area (Å²) in [6, 6.07) is 7.66. The molecule has 4 nitrogen and oxygen atoms in total. The highest BCUT2D eigenvalue weighted by Gasteiger charge is 2.37. The maximum atomic E-state index is 13.2. The van der Waals surface area contributed by atoms with E-state index in [-0.39, 0.29) is 17.8 Å². The Hall–Kier alpha value is -1.46. The van der Waals surface area contributed by atoms with Gasteiger partial charge in [-0.25, -0.2) is 4.39 Å². The Kier molecular flexibility index (Phi) is 6.07. The van der Waals surface area contributed by atoms with Crippen molar-refractivity contribution in [3.8, 4) is 0 Å². The molecule has 0 unspecified atom stereocenters. The fourth-order valence-electron chi connectivity index (χ4n) is 4.40. The highest BCUT2D eigenvalue weighted by Crippen LogP contribution is 2.29. The Bertz CT molecular complexity index is 570. The van der Waals surface area contributed by atoms with Crippen molar-refractivity contribution in [2.24, 2.45) is 0 Å². The number of carbonyl (C=O) groups is 1. The Balaban J connectivity index is 1.71. The van der Waals surface area contributed by atoms with Crippen molar-refractivity contribution in [2.75, 3.05) is 26.7 Å². The summed E-state index contributed by atoms with van der Waals surface area (Å²) in [6.07, 6.45) is 5.36. The van der Waals surface area contributed by atoms with E-state index in [4.69, 9.17) is 4.74 Å². The van der Waals surface area contributed by atoms with Crippen LogP contribution in [0.1, 0.15) is 38.2 Å². The number of ether oxygens (including phenoxy) is 1. The van der Waals surface area contributed by atoms with Crippen LogP contribution < -0.4 is 0 Å². The van der Waals surface area contributed by atoms with Gasteiger partial charge in [0.15, 0.2) is 0 Å². The largest absolute Gasteiger partial charge is 0.380 e. The van der Waals surface area contributed by atoms with Crippen molar-refractivity contribution >= 4 is 5.91 Å². The molecule has 5 heteroatoms. The van der Waals surface area contributed by atoms with E-state index in [1.807, 2.05) is 17.0 Å². The van der Waals surface area contributed by atoms with Crippen molar-refractivity contribution in [2.45, 2.75) is 57.2 Å². The molecule has 0 aromatic heterocycles. The van der Waals surface area contributed by atoms with Gasteiger partial charge in [-0.15, -0.1) is 0 Å². The number of amides is 1. The summed E-state index contributed by atoms with van der Waals surface area (Å²) in [6.45, 7) is 4.42. The number of carbonyl (C=O) groups excluding carboxylic acids is 1. The van der Waals surface area contributed by atoms with Gasteiger partial charge >= 0.3 is 0 Å². The van der Waals surface area contributed by atoms with Gasteiger partial charge in [-0.05, 0) is 56.3 Å². The molecule has 138 valence electrons. The number of methoxy groups -OCH3 is 1. The summed E-state index contributed by atoms with van der Waals surface area (Å²) >= 11 is 0. The Morgan fingerprint density at radius 2 is 1.84 bits per heavy atom. The van der Waals surface area contributed by atoms with Gasteiger partial charge in [-0.3, -0.25) is 9.69 Å². The third-order valence-corrected chi connectivity index (χ3v) is 5.80. The molecule has 2 fully saturated rings. The summed E-state index contributed by atoms with van der Waals surface area (Å²) in [4.78, 5) is 16.1. The SMILES string of the molecule is CO[C@H]1CCCN(C2CCN(C(C)=O)CC2)[C@H]1Cc1ccc(F)cc1. The van der Waals surface area contributed by atoms with Gasteiger partial charge in [-0.2, -0.15) is 0 Å². The molecule has 2 aliphatic rings. The van der Waals surface area contributed by atoms with Crippen LogP contribution in [0.3, 0.4) is 0 Å². The second kappa shape index (κ2) is 8.28. The standard InChI is InChI=1S/C20H29FN2O2/c1-15(24)22-12-9-18(10-13-22)23-11-3-4-20(25-2)19(23)14-16-5-7-17(21)8-6-16/h5-8,18-20H,3-4,9-14H2,1-2H3/t19-,20-/m0/s1. The first kappa shape index (κ1) is 18.3. The van der Waals surface area contributed by atoms with Gasteiger partial charge in [0.05, 0.1) is 6.10 Å². The molecule has 2 saturated heterocycles. The van der Waals surface area contributed by atoms with Crippen LogP contribution in [0.15, 0.2) is 24.3 Å². The van der Waals surface area contributed by atoms with Crippen LogP contribution in [0.2, 0.25) is 0 Å². The van der Waals surface area contributed by atoms with Crippen molar-refractivity contribution in [1.82, 2.24) is 9.80 Å². The van der Waals surface area contributed by atoms with E-state index in [1.165, 1.54) is 12.1 Å². The minimum absolute atomic E-state index is 0.176. The maximum Gasteiger partial charge on any atom is 0.219 e. The average molecular weight is 348 g/mol. The number of likely N-dealkylation sites (tertiary alicyclic amines) is 2. The average Bonchev–Trinajstić information content (AvgIpc) is 2.64. The molecule has 1 amide bonds. The molecule has 2 atom stereocenters. The predicted octanol–water partition coefficient (Wildman–Crippen LogP) is 2.86. The summed E-state index contributed by atoms with van der Waals surface area (Å²) in [5.41, 5.74) is 1.15. The molecule has 2 aliphatic heterocycles. The van der Waals surface area contributed by atoms with Gasteiger partial charge in [-0.1, -0.05) is 12.1 Å². The van der Waals surface area contributed by atoms with Crippen LogP contribution >= 0.6 is 0 Å². The van der Waals surface area contributed by atoms with Crippen molar-refractivity contribution in [1.29, 1.82) is 0 Å². The van der Waals surface area contributed by atoms with Crippen LogP contribution in [0.25, 0.3) is 0 Å². The first-order valence-corrected chi connectivity index (χ1v) is 9.37. The molecule has 2 heterocycles. The smallest absolute Gasteiger partial charge is 0.219 e. The van der Waals surface area contributed by atoms with Gasteiger partial charge in [0.2, 0.25) is 5.91 Å². The van der Waals surface area contributed by atoms with E-state index in [9.17, 15) is 9.18 Å². The highest BCUT2D eigenvalue weighted by molar-refractivity contribution is 5.73. The third kappa shape index (κ3) is 4.39. The molecule has 3 rings (SSSR count). The lowest BCUT2D eigenvalue weighted by Crippen LogP contribution is -2.57. The molecule has 1 aromatic carbocycles. The van der Waals surface area contributed by atoms with Gasteiger partial charge in [0.1, 0.15) is 5.82 Å². The number of hydrogen-bond donors (Lipinski definition) is 0. The van der Waals surface area contributed by atoms with Crippen LogP contribution in [-0.4, -0.2) is 60.6 Å². The second-order valence-electron chi connectivity index (χ2n) is 7.29. The molecular weight excluding hydrogens is 319 g/mol. The molecule has 0 aliphatic carbocycles. The van der Waals surface area contributed by atoms with Crippen molar-refractivity contribution < 1.29 is 13.9 Å². The fraction of sp³-hybridized carbons (Fsp3) is 0.650. The third-order valence-electron chi connectivity index (χ3n) is 5.80. The lowest BCUT2D eigenvalue weighted by molar-refractivity contribution is -0.131. The molecule has 0 N–H and O–H groups in total. The van der Waals surface area contributed by atoms with Gasteiger partial charge < -0.3 is 9.64 Å². The first-order valence-electron chi connectivity index (χ1n) is 9.37. The zero-order valence-electron chi connectivity index (χ0n) is 15.3. The topological polar surface area (TPSA) is 32.8 Å².